The summed E-state index contributed by atoms with van der Waals surface area (Å²) in [5, 5.41) is 5.26. The molecule has 0 aliphatic rings. The monoisotopic (exact) mass is 332 g/mol. The van der Waals surface area contributed by atoms with Crippen LogP contribution in [0.25, 0.3) is 0 Å². The second kappa shape index (κ2) is 8.19. The van der Waals surface area contributed by atoms with E-state index in [1.54, 1.807) is 37.3 Å². The van der Waals surface area contributed by atoms with Crippen molar-refractivity contribution in [2.24, 2.45) is 0 Å². The molecule has 0 bridgehead atoms. The van der Waals surface area contributed by atoms with Gasteiger partial charge in [0.2, 0.25) is 5.91 Å². The Hall–Kier alpha value is -2.76. The van der Waals surface area contributed by atoms with Crippen LogP contribution >= 0.6 is 0 Å². The molecule has 2 aromatic rings. The zero-order chi connectivity index (χ0) is 17.5. The molecule has 0 saturated carbocycles. The van der Waals surface area contributed by atoms with E-state index in [0.29, 0.717) is 5.56 Å². The molecule has 0 aromatic heterocycles. The fourth-order valence-corrected chi connectivity index (χ4v) is 2.23. The lowest BCUT2D eigenvalue weighted by atomic mass is 10.1. The van der Waals surface area contributed by atoms with Crippen molar-refractivity contribution in [1.29, 1.82) is 0 Å². The molecule has 0 spiro atoms. The molecule has 0 saturated heterocycles. The highest BCUT2D eigenvalue weighted by atomic mass is 19.1. The summed E-state index contributed by atoms with van der Waals surface area (Å²) in [4.78, 5) is 23.7. The first-order valence-electron chi connectivity index (χ1n) is 7.55. The predicted molar refractivity (Wildman–Crippen MR) is 86.3 cm³/mol. The number of nitrogens with one attached hydrogen (secondary N) is 2. The highest BCUT2D eigenvalue weighted by molar-refractivity contribution is 5.94. The average Bonchev–Trinajstić information content (AvgIpc) is 2.55. The van der Waals surface area contributed by atoms with E-state index >= 15 is 0 Å². The van der Waals surface area contributed by atoms with Gasteiger partial charge in [-0.05, 0) is 25.1 Å². The van der Waals surface area contributed by atoms with Crippen LogP contribution in [-0.2, 0) is 4.79 Å². The van der Waals surface area contributed by atoms with E-state index < -0.39 is 17.7 Å². The Balaban J connectivity index is 1.80. The molecule has 0 fully saturated rings. The lowest BCUT2D eigenvalue weighted by molar-refractivity contribution is -0.121. The second-order valence-electron chi connectivity index (χ2n) is 5.33. The zero-order valence-electron chi connectivity index (χ0n) is 13.2. The highest BCUT2D eigenvalue weighted by Crippen LogP contribution is 2.17. The number of benzene rings is 2. The summed E-state index contributed by atoms with van der Waals surface area (Å²) in [7, 11) is 0. The number of hydrogen-bond acceptors (Lipinski definition) is 2. The lowest BCUT2D eigenvalue weighted by Gasteiger charge is -2.15. The van der Waals surface area contributed by atoms with Crippen molar-refractivity contribution in [3.8, 4) is 0 Å². The largest absolute Gasteiger partial charge is 0.352 e. The first kappa shape index (κ1) is 17.6. The zero-order valence-corrected chi connectivity index (χ0v) is 13.2. The van der Waals surface area contributed by atoms with Crippen LogP contribution in [0.1, 0.15) is 35.3 Å². The molecular formula is C18H18F2N2O2. The fraction of sp³-hybridized carbons (Fsp3) is 0.222. The molecule has 4 nitrogen and oxygen atoms in total. The summed E-state index contributed by atoms with van der Waals surface area (Å²) in [6, 6.07) is 11.3. The molecule has 0 aliphatic heterocycles. The van der Waals surface area contributed by atoms with E-state index in [9.17, 15) is 18.4 Å². The average molecular weight is 332 g/mol. The van der Waals surface area contributed by atoms with Crippen molar-refractivity contribution < 1.29 is 18.4 Å². The van der Waals surface area contributed by atoms with Crippen LogP contribution in [0.5, 0.6) is 0 Å². The van der Waals surface area contributed by atoms with Gasteiger partial charge in [-0.25, -0.2) is 8.78 Å². The first-order valence-corrected chi connectivity index (χ1v) is 7.55. The molecule has 0 heterocycles. The van der Waals surface area contributed by atoms with Gasteiger partial charge in [0.05, 0.1) is 6.04 Å². The van der Waals surface area contributed by atoms with Crippen LogP contribution in [-0.4, -0.2) is 18.4 Å². The van der Waals surface area contributed by atoms with Crippen LogP contribution in [0, 0.1) is 11.6 Å². The molecule has 6 heteroatoms. The van der Waals surface area contributed by atoms with Gasteiger partial charge in [0.15, 0.2) is 0 Å². The van der Waals surface area contributed by atoms with Gasteiger partial charge in [0.1, 0.15) is 11.6 Å². The topological polar surface area (TPSA) is 58.2 Å². The normalized spacial score (nSPS) is 11.6. The lowest BCUT2D eigenvalue weighted by Crippen LogP contribution is -2.32. The third kappa shape index (κ3) is 4.87. The van der Waals surface area contributed by atoms with Crippen molar-refractivity contribution in [1.82, 2.24) is 10.6 Å². The van der Waals surface area contributed by atoms with Gasteiger partial charge in [-0.2, -0.15) is 0 Å². The van der Waals surface area contributed by atoms with Gasteiger partial charge < -0.3 is 10.6 Å². The maximum Gasteiger partial charge on any atom is 0.251 e. The number of halogens is 2. The number of amides is 2. The predicted octanol–water partition coefficient (Wildman–Crippen LogP) is 2.96. The molecule has 24 heavy (non-hydrogen) atoms. The minimum atomic E-state index is -0.708. The molecule has 0 radical (unpaired) electrons. The number of hydrogen-bond donors (Lipinski definition) is 2. The Morgan fingerprint density at radius 3 is 2.46 bits per heavy atom. The molecule has 126 valence electrons. The van der Waals surface area contributed by atoms with Crippen LogP contribution < -0.4 is 10.6 Å². The quantitative estimate of drug-likeness (QED) is 0.854. The van der Waals surface area contributed by atoms with E-state index in [0.717, 1.165) is 12.1 Å². The Morgan fingerprint density at radius 2 is 1.79 bits per heavy atom. The molecule has 2 rings (SSSR count). The molecule has 2 aromatic carbocycles. The summed E-state index contributed by atoms with van der Waals surface area (Å²) >= 11 is 0. The van der Waals surface area contributed by atoms with Gasteiger partial charge in [-0.1, -0.05) is 24.3 Å². The summed E-state index contributed by atoms with van der Waals surface area (Å²) < 4.78 is 26.5. The van der Waals surface area contributed by atoms with Crippen LogP contribution in [0.15, 0.2) is 48.5 Å². The van der Waals surface area contributed by atoms with E-state index in [4.69, 9.17) is 0 Å². The van der Waals surface area contributed by atoms with Crippen molar-refractivity contribution >= 4 is 11.8 Å². The van der Waals surface area contributed by atoms with Crippen molar-refractivity contribution in [3.05, 3.63) is 71.3 Å². The number of rotatable bonds is 6. The van der Waals surface area contributed by atoms with Crippen LogP contribution in [0.2, 0.25) is 0 Å². The number of carbonyl (C=O) groups excluding carboxylic acids is 2. The number of carbonyl (C=O) groups is 2. The maximum absolute atomic E-state index is 13.6. The fourth-order valence-electron chi connectivity index (χ4n) is 2.23. The summed E-state index contributed by atoms with van der Waals surface area (Å²) in [5.74, 6) is -1.97. The summed E-state index contributed by atoms with van der Waals surface area (Å²) in [6.45, 7) is 1.77. The van der Waals surface area contributed by atoms with E-state index in [1.807, 2.05) is 0 Å². The van der Waals surface area contributed by atoms with Crippen molar-refractivity contribution in [2.45, 2.75) is 19.4 Å². The summed E-state index contributed by atoms with van der Waals surface area (Å²) in [5.41, 5.74) is 0.720. The Morgan fingerprint density at radius 1 is 1.08 bits per heavy atom. The van der Waals surface area contributed by atoms with E-state index in [2.05, 4.69) is 10.6 Å². The third-order valence-electron chi connectivity index (χ3n) is 3.48. The van der Waals surface area contributed by atoms with Gasteiger partial charge in [0, 0.05) is 30.2 Å². The van der Waals surface area contributed by atoms with Gasteiger partial charge >= 0.3 is 0 Å². The standard InChI is InChI=1S/C18H18F2N2O2/c1-12(15-8-7-14(19)11-16(15)20)22-17(23)9-10-21-18(24)13-5-3-2-4-6-13/h2-8,11-12H,9-10H2,1H3,(H,21,24)(H,22,23)/t12-/m1/s1. The SMILES string of the molecule is C[C@@H](NC(=O)CCNC(=O)c1ccccc1)c1ccc(F)cc1F. The van der Waals surface area contributed by atoms with Gasteiger partial charge in [-0.3, -0.25) is 9.59 Å². The van der Waals surface area contributed by atoms with Gasteiger partial charge in [0.25, 0.3) is 5.91 Å². The maximum atomic E-state index is 13.6. The van der Waals surface area contributed by atoms with Crippen molar-refractivity contribution in [2.75, 3.05) is 6.54 Å². The molecule has 0 unspecified atom stereocenters. The Bertz CT molecular complexity index is 720. The Labute approximate surface area is 138 Å². The molecule has 2 amide bonds. The van der Waals surface area contributed by atoms with Crippen LogP contribution in [0.3, 0.4) is 0 Å². The molecule has 0 aliphatic carbocycles. The Kier molecular flexibility index (Phi) is 6.01. The first-order chi connectivity index (χ1) is 11.5. The molecule has 1 atom stereocenters. The van der Waals surface area contributed by atoms with Crippen LogP contribution in [0.4, 0.5) is 8.78 Å². The van der Waals surface area contributed by atoms with E-state index in [1.165, 1.54) is 6.07 Å². The third-order valence-corrected chi connectivity index (χ3v) is 3.48. The molecular weight excluding hydrogens is 314 g/mol. The van der Waals surface area contributed by atoms with E-state index in [-0.39, 0.29) is 30.3 Å². The molecule has 2 N–H and O–H groups in total. The minimum absolute atomic E-state index is 0.0612. The van der Waals surface area contributed by atoms with Crippen molar-refractivity contribution in [3.63, 3.8) is 0 Å². The minimum Gasteiger partial charge on any atom is -0.352 e. The van der Waals surface area contributed by atoms with Gasteiger partial charge in [-0.15, -0.1) is 0 Å². The smallest absolute Gasteiger partial charge is 0.251 e. The summed E-state index contributed by atoms with van der Waals surface area (Å²) in [6.07, 6.45) is 0.0612. The second-order valence-corrected chi connectivity index (χ2v) is 5.33. The highest BCUT2D eigenvalue weighted by Gasteiger charge is 2.14.